The summed E-state index contributed by atoms with van der Waals surface area (Å²) in [5.41, 5.74) is 0.995. The molecule has 0 radical (unpaired) electrons. The summed E-state index contributed by atoms with van der Waals surface area (Å²) in [7, 11) is 0. The lowest BCUT2D eigenvalue weighted by atomic mass is 10.1. The zero-order chi connectivity index (χ0) is 21.7. The molecule has 1 aliphatic rings. The fraction of sp³-hybridized carbons (Fsp3) is 0.455. The molecule has 1 amide bonds. The molecule has 1 aromatic carbocycles. The average Bonchev–Trinajstić information content (AvgIpc) is 3.21. The highest BCUT2D eigenvalue weighted by Gasteiger charge is 2.34. The van der Waals surface area contributed by atoms with E-state index in [1.807, 2.05) is 0 Å². The molecule has 1 aliphatic heterocycles. The highest BCUT2D eigenvalue weighted by molar-refractivity contribution is 6.30. The van der Waals surface area contributed by atoms with Gasteiger partial charge < -0.3 is 10.0 Å². The number of carboxylic acids is 1. The average molecular weight is 432 g/mol. The first-order chi connectivity index (χ1) is 14.4. The molecule has 1 unspecified atom stereocenters. The summed E-state index contributed by atoms with van der Waals surface area (Å²) in [6, 6.07) is 7.68. The van der Waals surface area contributed by atoms with Gasteiger partial charge in [-0.05, 0) is 31.4 Å². The Kier molecular flexibility index (Phi) is 7.26. The van der Waals surface area contributed by atoms with Crippen LogP contribution in [0.1, 0.15) is 44.9 Å². The van der Waals surface area contributed by atoms with Crippen LogP contribution in [0.4, 0.5) is 0 Å². The van der Waals surface area contributed by atoms with Crippen LogP contribution in [0.3, 0.4) is 0 Å². The molecule has 1 aromatic heterocycles. The predicted octanol–water partition coefficient (Wildman–Crippen LogP) is 3.37. The van der Waals surface area contributed by atoms with Crippen LogP contribution in [-0.4, -0.2) is 44.0 Å². The largest absolute Gasteiger partial charge is 0.480 e. The molecule has 2 aromatic rings. The Hall–Kier alpha value is -2.67. The van der Waals surface area contributed by atoms with Gasteiger partial charge in [-0.1, -0.05) is 43.5 Å². The van der Waals surface area contributed by atoms with Gasteiger partial charge in [0, 0.05) is 29.6 Å². The second-order valence-electron chi connectivity index (χ2n) is 7.53. The van der Waals surface area contributed by atoms with E-state index >= 15 is 0 Å². The minimum Gasteiger partial charge on any atom is -0.480 e. The zero-order valence-electron chi connectivity index (χ0n) is 17.0. The Labute approximate surface area is 180 Å². The summed E-state index contributed by atoms with van der Waals surface area (Å²) in [4.78, 5) is 43.2. The molecular weight excluding hydrogens is 406 g/mol. The number of rotatable bonds is 8. The quantitative estimate of drug-likeness (QED) is 0.647. The molecule has 1 saturated heterocycles. The Morgan fingerprint density at radius 1 is 1.23 bits per heavy atom. The number of unbranched alkanes of at least 4 members (excludes halogenated alkanes) is 2. The number of carbonyl (C=O) groups is 2. The van der Waals surface area contributed by atoms with E-state index in [1.165, 1.54) is 15.5 Å². The van der Waals surface area contributed by atoms with Gasteiger partial charge >= 0.3 is 5.97 Å². The van der Waals surface area contributed by atoms with Crippen LogP contribution >= 0.6 is 11.6 Å². The lowest BCUT2D eigenvalue weighted by Gasteiger charge is -2.22. The van der Waals surface area contributed by atoms with Crippen molar-refractivity contribution < 1.29 is 14.7 Å². The Balaban J connectivity index is 1.92. The fourth-order valence-electron chi connectivity index (χ4n) is 3.76. The third-order valence-corrected chi connectivity index (χ3v) is 5.63. The number of amides is 1. The van der Waals surface area contributed by atoms with E-state index in [4.69, 9.17) is 11.6 Å². The summed E-state index contributed by atoms with van der Waals surface area (Å²) >= 11 is 5.95. The molecule has 1 fully saturated rings. The fourth-order valence-corrected chi connectivity index (χ4v) is 3.89. The van der Waals surface area contributed by atoms with Gasteiger partial charge in [0.2, 0.25) is 5.91 Å². The van der Waals surface area contributed by atoms with Crippen LogP contribution in [0.25, 0.3) is 11.3 Å². The normalized spacial score (nSPS) is 16.1. The maximum atomic E-state index is 12.9. The number of aromatic nitrogens is 2. The van der Waals surface area contributed by atoms with Gasteiger partial charge in [-0.15, -0.1) is 0 Å². The minimum atomic E-state index is -1.01. The summed E-state index contributed by atoms with van der Waals surface area (Å²) in [6.45, 7) is 2.29. The van der Waals surface area contributed by atoms with Crippen molar-refractivity contribution in [2.45, 2.75) is 58.0 Å². The van der Waals surface area contributed by atoms with Crippen molar-refractivity contribution in [1.82, 2.24) is 14.5 Å². The number of aryl methyl sites for hydroxylation is 1. The molecule has 30 heavy (non-hydrogen) atoms. The van der Waals surface area contributed by atoms with Crippen molar-refractivity contribution in [1.29, 1.82) is 0 Å². The van der Waals surface area contributed by atoms with Crippen LogP contribution in [0.2, 0.25) is 5.02 Å². The van der Waals surface area contributed by atoms with Gasteiger partial charge in [-0.25, -0.2) is 9.78 Å². The van der Waals surface area contributed by atoms with E-state index in [0.717, 1.165) is 24.8 Å². The summed E-state index contributed by atoms with van der Waals surface area (Å²) in [6.07, 6.45) is 4.51. The molecule has 7 nitrogen and oxygen atoms in total. The van der Waals surface area contributed by atoms with Crippen molar-refractivity contribution in [3.05, 3.63) is 51.5 Å². The first kappa shape index (κ1) is 22.0. The lowest BCUT2D eigenvalue weighted by molar-refractivity contribution is -0.148. The van der Waals surface area contributed by atoms with Gasteiger partial charge in [0.25, 0.3) is 5.56 Å². The monoisotopic (exact) mass is 431 g/mol. The van der Waals surface area contributed by atoms with Crippen molar-refractivity contribution >= 4 is 23.5 Å². The van der Waals surface area contributed by atoms with E-state index < -0.39 is 12.0 Å². The SMILES string of the molecule is CCCCCc1nc(-c2ccc(Cl)cc2)cc(=O)n1CC(=O)N1CCCC1C(=O)O. The summed E-state index contributed by atoms with van der Waals surface area (Å²) in [5, 5.41) is 9.95. The molecule has 1 atom stereocenters. The van der Waals surface area contributed by atoms with Gasteiger partial charge in [0.05, 0.1) is 5.69 Å². The van der Waals surface area contributed by atoms with E-state index in [2.05, 4.69) is 11.9 Å². The standard InChI is InChI=1S/C22H26ClN3O4/c1-2-3-4-7-19-24-17(15-8-10-16(23)11-9-15)13-20(27)26(19)14-21(28)25-12-5-6-18(25)22(29)30/h8-11,13,18H,2-7,12,14H2,1H3,(H,29,30). The van der Waals surface area contributed by atoms with E-state index in [1.54, 1.807) is 24.3 Å². The zero-order valence-corrected chi connectivity index (χ0v) is 17.8. The first-order valence-corrected chi connectivity index (χ1v) is 10.7. The number of nitrogens with zero attached hydrogens (tertiary/aromatic N) is 3. The van der Waals surface area contributed by atoms with Crippen LogP contribution < -0.4 is 5.56 Å². The van der Waals surface area contributed by atoms with Crippen molar-refractivity contribution in [2.24, 2.45) is 0 Å². The minimum absolute atomic E-state index is 0.196. The molecule has 0 bridgehead atoms. The van der Waals surface area contributed by atoms with Crippen molar-refractivity contribution in [2.75, 3.05) is 6.54 Å². The Morgan fingerprint density at radius 2 is 1.97 bits per heavy atom. The maximum absolute atomic E-state index is 12.9. The van der Waals surface area contributed by atoms with Crippen LogP contribution in [0, 0.1) is 0 Å². The molecule has 160 valence electrons. The number of aliphatic carboxylic acids is 1. The van der Waals surface area contributed by atoms with E-state index in [9.17, 15) is 19.5 Å². The van der Waals surface area contributed by atoms with Gasteiger partial charge in [-0.3, -0.25) is 14.2 Å². The summed E-state index contributed by atoms with van der Waals surface area (Å²) < 4.78 is 1.38. The second kappa shape index (κ2) is 9.89. The highest BCUT2D eigenvalue weighted by atomic mass is 35.5. The van der Waals surface area contributed by atoms with Crippen molar-refractivity contribution in [3.63, 3.8) is 0 Å². The van der Waals surface area contributed by atoms with Crippen LogP contribution in [-0.2, 0) is 22.6 Å². The number of carboxylic acid groups (broad SMARTS) is 1. The maximum Gasteiger partial charge on any atom is 0.326 e. The molecule has 1 N–H and O–H groups in total. The number of likely N-dealkylation sites (tertiary alicyclic amines) is 1. The number of hydrogen-bond donors (Lipinski definition) is 1. The third kappa shape index (κ3) is 5.08. The number of benzene rings is 1. The van der Waals surface area contributed by atoms with Crippen molar-refractivity contribution in [3.8, 4) is 11.3 Å². The molecule has 8 heteroatoms. The highest BCUT2D eigenvalue weighted by Crippen LogP contribution is 2.21. The van der Waals surface area contributed by atoms with Crippen LogP contribution in [0.15, 0.2) is 35.1 Å². The molecule has 3 rings (SSSR count). The number of hydrogen-bond acceptors (Lipinski definition) is 4. The lowest BCUT2D eigenvalue weighted by Crippen LogP contribution is -2.43. The molecule has 2 heterocycles. The van der Waals surface area contributed by atoms with Crippen LogP contribution in [0.5, 0.6) is 0 Å². The predicted molar refractivity (Wildman–Crippen MR) is 115 cm³/mol. The molecule has 0 saturated carbocycles. The Bertz CT molecular complexity index is 971. The molecule has 0 spiro atoms. The van der Waals surface area contributed by atoms with Gasteiger partial charge in [-0.2, -0.15) is 0 Å². The Morgan fingerprint density at radius 3 is 2.63 bits per heavy atom. The second-order valence-corrected chi connectivity index (χ2v) is 7.97. The smallest absolute Gasteiger partial charge is 0.326 e. The number of halogens is 1. The first-order valence-electron chi connectivity index (χ1n) is 10.3. The third-order valence-electron chi connectivity index (χ3n) is 5.38. The topological polar surface area (TPSA) is 92.5 Å². The van der Waals surface area contributed by atoms with E-state index in [0.29, 0.717) is 42.3 Å². The van der Waals surface area contributed by atoms with Gasteiger partial charge in [0.1, 0.15) is 18.4 Å². The van der Waals surface area contributed by atoms with Gasteiger partial charge in [0.15, 0.2) is 0 Å². The molecular formula is C22H26ClN3O4. The van der Waals surface area contributed by atoms with E-state index in [-0.39, 0.29) is 18.0 Å². The summed E-state index contributed by atoms with van der Waals surface area (Å²) in [5.74, 6) is -0.826. The number of carbonyl (C=O) groups excluding carboxylic acids is 1. The molecule has 0 aliphatic carbocycles.